The average Bonchev–Trinajstić information content (AvgIpc) is 2.19. The molecule has 0 spiro atoms. The van der Waals surface area contributed by atoms with Crippen LogP contribution in [0.5, 0.6) is 0 Å². The Hall–Kier alpha value is -0.930. The van der Waals surface area contributed by atoms with Crippen LogP contribution in [-0.4, -0.2) is 24.7 Å². The average molecular weight is 206 g/mol. The fourth-order valence-corrected chi connectivity index (χ4v) is 1.65. The van der Waals surface area contributed by atoms with Crippen LogP contribution in [0.2, 0.25) is 0 Å². The lowest BCUT2D eigenvalue weighted by atomic mass is 9.89. The number of pyridine rings is 1. The molecule has 0 unspecified atom stereocenters. The standard InChI is InChI=1S/C12H18N2O/c1-10-3-4-11(14-5-10)6-13-7-12(2)8-15-9-12/h3-5,13H,6-9H2,1-2H3. The molecule has 0 amide bonds. The Morgan fingerprint density at radius 1 is 1.47 bits per heavy atom. The molecule has 2 heterocycles. The highest BCUT2D eigenvalue weighted by Crippen LogP contribution is 2.25. The summed E-state index contributed by atoms with van der Waals surface area (Å²) < 4.78 is 5.20. The maximum atomic E-state index is 5.20. The summed E-state index contributed by atoms with van der Waals surface area (Å²) in [7, 11) is 0. The minimum absolute atomic E-state index is 0.338. The van der Waals surface area contributed by atoms with Crippen LogP contribution in [-0.2, 0) is 11.3 Å². The number of nitrogens with zero attached hydrogens (tertiary/aromatic N) is 1. The van der Waals surface area contributed by atoms with Crippen LogP contribution in [0, 0.1) is 12.3 Å². The Morgan fingerprint density at radius 2 is 2.27 bits per heavy atom. The molecule has 1 aliphatic heterocycles. The van der Waals surface area contributed by atoms with E-state index in [4.69, 9.17) is 4.74 Å². The minimum Gasteiger partial charge on any atom is -0.380 e. The van der Waals surface area contributed by atoms with Crippen molar-refractivity contribution < 1.29 is 4.74 Å². The van der Waals surface area contributed by atoms with Gasteiger partial charge in [-0.15, -0.1) is 0 Å². The molecule has 3 heteroatoms. The second-order valence-corrected chi connectivity index (χ2v) is 4.73. The maximum Gasteiger partial charge on any atom is 0.0554 e. The topological polar surface area (TPSA) is 34.1 Å². The van der Waals surface area contributed by atoms with Gasteiger partial charge in [-0.2, -0.15) is 0 Å². The third-order valence-electron chi connectivity index (χ3n) is 2.73. The Kier molecular flexibility index (Phi) is 3.03. The van der Waals surface area contributed by atoms with E-state index in [0.29, 0.717) is 5.41 Å². The molecule has 2 rings (SSSR count). The summed E-state index contributed by atoms with van der Waals surface area (Å²) in [4.78, 5) is 4.35. The summed E-state index contributed by atoms with van der Waals surface area (Å²) in [5.41, 5.74) is 2.65. The van der Waals surface area contributed by atoms with Crippen molar-refractivity contribution in [1.82, 2.24) is 10.3 Å². The second-order valence-electron chi connectivity index (χ2n) is 4.73. The van der Waals surface area contributed by atoms with Gasteiger partial charge >= 0.3 is 0 Å². The molecule has 3 nitrogen and oxygen atoms in total. The van der Waals surface area contributed by atoms with Crippen molar-refractivity contribution >= 4 is 0 Å². The van der Waals surface area contributed by atoms with Crippen molar-refractivity contribution in [2.45, 2.75) is 20.4 Å². The van der Waals surface area contributed by atoms with E-state index in [9.17, 15) is 0 Å². The molecule has 0 aromatic carbocycles. The van der Waals surface area contributed by atoms with E-state index in [-0.39, 0.29) is 0 Å². The van der Waals surface area contributed by atoms with Gasteiger partial charge in [0.05, 0.1) is 18.9 Å². The van der Waals surface area contributed by atoms with E-state index < -0.39 is 0 Å². The summed E-state index contributed by atoms with van der Waals surface area (Å²) in [5, 5.41) is 3.42. The SMILES string of the molecule is Cc1ccc(CNCC2(C)COC2)nc1. The molecule has 1 aromatic heterocycles. The number of hydrogen-bond donors (Lipinski definition) is 1. The zero-order valence-electron chi connectivity index (χ0n) is 9.42. The largest absolute Gasteiger partial charge is 0.380 e. The van der Waals surface area contributed by atoms with Gasteiger partial charge in [-0.1, -0.05) is 13.0 Å². The van der Waals surface area contributed by atoms with Crippen LogP contribution in [0.1, 0.15) is 18.2 Å². The van der Waals surface area contributed by atoms with Gasteiger partial charge in [0.25, 0.3) is 0 Å². The van der Waals surface area contributed by atoms with Gasteiger partial charge in [-0.25, -0.2) is 0 Å². The predicted octanol–water partition coefficient (Wildman–Crippen LogP) is 1.52. The number of aromatic nitrogens is 1. The van der Waals surface area contributed by atoms with Crippen molar-refractivity contribution in [1.29, 1.82) is 0 Å². The first-order valence-electron chi connectivity index (χ1n) is 5.38. The molecule has 1 fully saturated rings. The normalized spacial score (nSPS) is 18.5. The minimum atomic E-state index is 0.338. The molecule has 0 saturated carbocycles. The van der Waals surface area contributed by atoms with Gasteiger partial charge in [0.15, 0.2) is 0 Å². The Balaban J connectivity index is 1.76. The Morgan fingerprint density at radius 3 is 2.80 bits per heavy atom. The zero-order chi connectivity index (χ0) is 10.7. The lowest BCUT2D eigenvalue weighted by Crippen LogP contribution is -2.47. The highest BCUT2D eigenvalue weighted by Gasteiger charge is 2.32. The molecule has 82 valence electrons. The number of rotatable bonds is 4. The maximum absolute atomic E-state index is 5.20. The Bertz CT molecular complexity index is 317. The molecule has 0 aliphatic carbocycles. The Labute approximate surface area is 90.9 Å². The van der Waals surface area contributed by atoms with Gasteiger partial charge < -0.3 is 10.1 Å². The van der Waals surface area contributed by atoms with Crippen molar-refractivity contribution in [3.63, 3.8) is 0 Å². The van der Waals surface area contributed by atoms with Gasteiger partial charge in [0, 0.05) is 24.7 Å². The van der Waals surface area contributed by atoms with E-state index in [1.807, 2.05) is 6.20 Å². The summed E-state index contributed by atoms with van der Waals surface area (Å²) in [5.74, 6) is 0. The second kappa shape index (κ2) is 4.29. The first-order chi connectivity index (χ1) is 7.18. The lowest BCUT2D eigenvalue weighted by molar-refractivity contribution is -0.0991. The fraction of sp³-hybridized carbons (Fsp3) is 0.583. The molecule has 0 bridgehead atoms. The van der Waals surface area contributed by atoms with E-state index in [1.165, 1.54) is 5.56 Å². The van der Waals surface area contributed by atoms with Crippen LogP contribution in [0.15, 0.2) is 18.3 Å². The first kappa shape index (κ1) is 10.6. The zero-order valence-corrected chi connectivity index (χ0v) is 9.42. The van der Waals surface area contributed by atoms with E-state index in [0.717, 1.165) is 32.0 Å². The summed E-state index contributed by atoms with van der Waals surface area (Å²) in [6.07, 6.45) is 1.91. The van der Waals surface area contributed by atoms with Gasteiger partial charge in [0.2, 0.25) is 0 Å². The number of aryl methyl sites for hydroxylation is 1. The molecule has 0 radical (unpaired) electrons. The quantitative estimate of drug-likeness (QED) is 0.811. The molecule has 1 aliphatic rings. The first-order valence-corrected chi connectivity index (χ1v) is 5.38. The number of ether oxygens (including phenoxy) is 1. The van der Waals surface area contributed by atoms with Crippen molar-refractivity contribution in [3.05, 3.63) is 29.6 Å². The molecule has 1 aromatic rings. The molecule has 0 atom stereocenters. The third kappa shape index (κ3) is 2.76. The van der Waals surface area contributed by atoms with Gasteiger partial charge in [-0.05, 0) is 18.6 Å². The lowest BCUT2D eigenvalue weighted by Gasteiger charge is -2.38. The summed E-state index contributed by atoms with van der Waals surface area (Å²) in [6, 6.07) is 4.17. The van der Waals surface area contributed by atoms with Crippen LogP contribution < -0.4 is 5.32 Å². The van der Waals surface area contributed by atoms with Gasteiger partial charge in [-0.3, -0.25) is 4.98 Å². The summed E-state index contributed by atoms with van der Waals surface area (Å²) in [6.45, 7) is 7.89. The van der Waals surface area contributed by atoms with Crippen molar-refractivity contribution in [2.75, 3.05) is 19.8 Å². The monoisotopic (exact) mass is 206 g/mol. The highest BCUT2D eigenvalue weighted by atomic mass is 16.5. The fourth-order valence-electron chi connectivity index (χ4n) is 1.65. The van der Waals surface area contributed by atoms with Crippen LogP contribution in [0.4, 0.5) is 0 Å². The van der Waals surface area contributed by atoms with Crippen molar-refractivity contribution in [2.24, 2.45) is 5.41 Å². The molecule has 1 N–H and O–H groups in total. The van der Waals surface area contributed by atoms with E-state index in [2.05, 4.69) is 36.3 Å². The molecular weight excluding hydrogens is 188 g/mol. The highest BCUT2D eigenvalue weighted by molar-refractivity contribution is 5.11. The predicted molar refractivity (Wildman–Crippen MR) is 59.6 cm³/mol. The molecule has 1 saturated heterocycles. The van der Waals surface area contributed by atoms with E-state index in [1.54, 1.807) is 0 Å². The van der Waals surface area contributed by atoms with E-state index >= 15 is 0 Å². The summed E-state index contributed by atoms with van der Waals surface area (Å²) >= 11 is 0. The number of hydrogen-bond acceptors (Lipinski definition) is 3. The van der Waals surface area contributed by atoms with Crippen LogP contribution in [0.3, 0.4) is 0 Å². The van der Waals surface area contributed by atoms with Gasteiger partial charge in [0.1, 0.15) is 0 Å². The van der Waals surface area contributed by atoms with Crippen LogP contribution in [0.25, 0.3) is 0 Å². The van der Waals surface area contributed by atoms with Crippen LogP contribution >= 0.6 is 0 Å². The smallest absolute Gasteiger partial charge is 0.0554 e. The molecule has 15 heavy (non-hydrogen) atoms. The third-order valence-corrected chi connectivity index (χ3v) is 2.73. The molecular formula is C12H18N2O. The number of nitrogens with one attached hydrogen (secondary N) is 1. The van der Waals surface area contributed by atoms with Crippen molar-refractivity contribution in [3.8, 4) is 0 Å².